The quantitative estimate of drug-likeness (QED) is 0.185. The smallest absolute Gasteiger partial charge is 0.145 e. The maximum atomic E-state index is 10.9. The predicted octanol–water partition coefficient (Wildman–Crippen LogP) is 13.2. The highest BCUT2D eigenvalue weighted by Gasteiger charge is 2.25. The second-order valence-electron chi connectivity index (χ2n) is 13.9. The third-order valence-corrected chi connectivity index (χ3v) is 11.2. The summed E-state index contributed by atoms with van der Waals surface area (Å²) in [5, 5.41) is 19.6. The highest BCUT2D eigenvalue weighted by Crippen LogP contribution is 2.46. The summed E-state index contributed by atoms with van der Waals surface area (Å²) >= 11 is 0. The average molecular weight is 690 g/mol. The van der Waals surface area contributed by atoms with Crippen LogP contribution in [0.15, 0.2) is 173 Å². The van der Waals surface area contributed by atoms with Gasteiger partial charge in [-0.15, -0.1) is 0 Å². The molecule has 0 bridgehead atoms. The third-order valence-electron chi connectivity index (χ3n) is 11.2. The zero-order valence-electron chi connectivity index (χ0n) is 28.7. The lowest BCUT2D eigenvalue weighted by atomic mass is 9.97. The molecule has 4 heterocycles. The topological polar surface area (TPSA) is 59.9 Å². The number of nitriles is 1. The summed E-state index contributed by atoms with van der Waals surface area (Å²) in [5.41, 5.74) is 12.0. The molecule has 0 aliphatic carbocycles. The molecule has 4 aromatic heterocycles. The number of benzene rings is 8. The molecule has 12 aromatic rings. The molecule has 0 N–H and O–H groups in total. The van der Waals surface area contributed by atoms with Crippen LogP contribution in [0.1, 0.15) is 5.56 Å². The van der Waals surface area contributed by atoms with Crippen LogP contribution in [0.4, 0.5) is 0 Å². The Hall–Kier alpha value is -7.55. The fourth-order valence-electron chi connectivity index (χ4n) is 8.98. The predicted molar refractivity (Wildman–Crippen MR) is 220 cm³/mol. The van der Waals surface area contributed by atoms with Gasteiger partial charge in [0.2, 0.25) is 0 Å². The van der Waals surface area contributed by atoms with Gasteiger partial charge >= 0.3 is 0 Å². The Kier molecular flexibility index (Phi) is 5.78. The summed E-state index contributed by atoms with van der Waals surface area (Å²) in [6.45, 7) is 0. The van der Waals surface area contributed by atoms with Crippen LogP contribution >= 0.6 is 0 Å². The molecule has 0 fully saturated rings. The number of fused-ring (bicyclic) bond motifs is 14. The fourth-order valence-corrected chi connectivity index (χ4v) is 8.98. The summed E-state index contributed by atoms with van der Waals surface area (Å²) in [7, 11) is 0. The molecule has 12 rings (SSSR count). The fraction of sp³-hybridized carbons (Fsp3) is 0. The summed E-state index contributed by atoms with van der Waals surface area (Å²) in [6, 6.07) is 59.3. The van der Waals surface area contributed by atoms with Gasteiger partial charge in [0.05, 0.1) is 49.8 Å². The maximum Gasteiger partial charge on any atom is 0.145 e. The maximum absolute atomic E-state index is 10.9. The van der Waals surface area contributed by atoms with E-state index >= 15 is 0 Å². The monoisotopic (exact) mass is 689 g/mol. The van der Waals surface area contributed by atoms with Crippen LogP contribution in [0.2, 0.25) is 0 Å². The molecule has 0 atom stereocenters. The first-order chi connectivity index (χ1) is 26.8. The van der Waals surface area contributed by atoms with E-state index in [4.69, 9.17) is 8.83 Å². The molecule has 5 heteroatoms. The van der Waals surface area contributed by atoms with E-state index in [0.717, 1.165) is 110 Å². The zero-order valence-corrected chi connectivity index (χ0v) is 28.7. The van der Waals surface area contributed by atoms with Crippen molar-refractivity contribution in [2.45, 2.75) is 0 Å². The van der Waals surface area contributed by atoms with Crippen LogP contribution in [0.5, 0.6) is 0 Å². The second-order valence-corrected chi connectivity index (χ2v) is 13.9. The van der Waals surface area contributed by atoms with Crippen molar-refractivity contribution in [1.29, 1.82) is 5.26 Å². The van der Waals surface area contributed by atoms with Crippen LogP contribution < -0.4 is 0 Å². The summed E-state index contributed by atoms with van der Waals surface area (Å²) in [5.74, 6) is 0. The molecular weight excluding hydrogens is 663 g/mol. The van der Waals surface area contributed by atoms with Gasteiger partial charge in [-0.05, 0) is 60.7 Å². The standard InChI is InChI=1S/C49H27N3O2/c50-28-29-12-11-18-33(47(29)52-39-20-7-2-14-31(39)34-25-27-44-46(48(34)52)37-17-5-10-23-43(37)53-44)30-13-1-6-19-38(30)51-40-21-8-3-16-36(40)45-41(51)26-24-35-32-15-4-9-22-42(32)54-49(35)45/h1-27H. The van der Waals surface area contributed by atoms with Gasteiger partial charge in [-0.2, -0.15) is 5.26 Å². The Bertz CT molecular complexity index is 3590. The Morgan fingerprint density at radius 3 is 1.89 bits per heavy atom. The minimum absolute atomic E-state index is 0.584. The normalized spacial score (nSPS) is 12.1. The van der Waals surface area contributed by atoms with E-state index in [2.05, 4.69) is 143 Å². The van der Waals surface area contributed by atoms with Crippen molar-refractivity contribution in [3.63, 3.8) is 0 Å². The van der Waals surface area contributed by atoms with Crippen LogP contribution in [0.3, 0.4) is 0 Å². The molecule has 0 unspecified atom stereocenters. The molecule has 0 aliphatic rings. The van der Waals surface area contributed by atoms with Crippen molar-refractivity contribution in [3.8, 4) is 28.6 Å². The van der Waals surface area contributed by atoms with E-state index in [-0.39, 0.29) is 0 Å². The Labute approximate surface area is 307 Å². The summed E-state index contributed by atoms with van der Waals surface area (Å²) in [6.07, 6.45) is 0. The summed E-state index contributed by atoms with van der Waals surface area (Å²) in [4.78, 5) is 0. The lowest BCUT2D eigenvalue weighted by Crippen LogP contribution is -2.03. The lowest BCUT2D eigenvalue weighted by molar-refractivity contribution is 0.669. The molecule has 0 amide bonds. The zero-order chi connectivity index (χ0) is 35.5. The Morgan fingerprint density at radius 1 is 0.407 bits per heavy atom. The van der Waals surface area contributed by atoms with Crippen LogP contribution in [-0.2, 0) is 0 Å². The van der Waals surface area contributed by atoms with Crippen molar-refractivity contribution < 1.29 is 8.83 Å². The first-order valence-electron chi connectivity index (χ1n) is 18.1. The van der Waals surface area contributed by atoms with E-state index in [9.17, 15) is 5.26 Å². The first kappa shape index (κ1) is 29.1. The molecule has 0 radical (unpaired) electrons. The number of rotatable bonds is 3. The van der Waals surface area contributed by atoms with Gasteiger partial charge in [0.25, 0.3) is 0 Å². The van der Waals surface area contributed by atoms with Gasteiger partial charge in [-0.3, -0.25) is 0 Å². The minimum atomic E-state index is 0.584. The molecule has 0 saturated carbocycles. The number of furan rings is 2. The molecule has 8 aromatic carbocycles. The van der Waals surface area contributed by atoms with E-state index < -0.39 is 0 Å². The number of hydrogen-bond donors (Lipinski definition) is 0. The SMILES string of the molecule is N#Cc1cccc(-c2ccccc2-n2c3ccccc3c3c4oc5ccccc5c4ccc32)c1-n1c2ccccc2c2ccc3oc4ccccc4c3c21. The van der Waals surface area contributed by atoms with E-state index in [1.54, 1.807) is 0 Å². The van der Waals surface area contributed by atoms with E-state index in [1.165, 1.54) is 0 Å². The van der Waals surface area contributed by atoms with E-state index in [1.807, 2.05) is 36.4 Å². The molecule has 5 nitrogen and oxygen atoms in total. The van der Waals surface area contributed by atoms with Gasteiger partial charge in [-0.25, -0.2) is 0 Å². The number of nitrogens with zero attached hydrogens (tertiary/aromatic N) is 3. The van der Waals surface area contributed by atoms with Crippen molar-refractivity contribution in [3.05, 3.63) is 169 Å². The van der Waals surface area contributed by atoms with Gasteiger partial charge in [0.15, 0.2) is 0 Å². The Balaban J connectivity index is 1.22. The van der Waals surface area contributed by atoms with Crippen LogP contribution in [0, 0.1) is 11.3 Å². The van der Waals surface area contributed by atoms with Gasteiger partial charge < -0.3 is 18.0 Å². The average Bonchev–Trinajstić information content (AvgIpc) is 3.98. The Morgan fingerprint density at radius 2 is 1.06 bits per heavy atom. The summed E-state index contributed by atoms with van der Waals surface area (Å²) < 4.78 is 17.7. The lowest BCUT2D eigenvalue weighted by Gasteiger charge is -2.19. The molecule has 0 spiro atoms. The number of aromatic nitrogens is 2. The van der Waals surface area contributed by atoms with E-state index in [0.29, 0.717) is 5.56 Å². The van der Waals surface area contributed by atoms with Crippen molar-refractivity contribution in [2.75, 3.05) is 0 Å². The molecule has 0 aliphatic heterocycles. The molecule has 0 saturated heterocycles. The largest absolute Gasteiger partial charge is 0.456 e. The highest BCUT2D eigenvalue weighted by molar-refractivity contribution is 6.26. The second kappa shape index (κ2) is 10.7. The third kappa shape index (κ3) is 3.76. The molecule has 250 valence electrons. The van der Waals surface area contributed by atoms with Crippen LogP contribution in [-0.4, -0.2) is 9.13 Å². The van der Waals surface area contributed by atoms with Gasteiger partial charge in [0, 0.05) is 43.4 Å². The number of para-hydroxylation sites is 6. The van der Waals surface area contributed by atoms with Gasteiger partial charge in [0.1, 0.15) is 28.4 Å². The van der Waals surface area contributed by atoms with Crippen LogP contribution in [0.25, 0.3) is 110 Å². The first-order valence-corrected chi connectivity index (χ1v) is 18.1. The molecular formula is C49H27N3O2. The van der Waals surface area contributed by atoms with Crippen molar-refractivity contribution >= 4 is 87.5 Å². The van der Waals surface area contributed by atoms with Crippen molar-refractivity contribution in [1.82, 2.24) is 9.13 Å². The van der Waals surface area contributed by atoms with Gasteiger partial charge in [-0.1, -0.05) is 103 Å². The highest BCUT2D eigenvalue weighted by atomic mass is 16.3. The minimum Gasteiger partial charge on any atom is -0.456 e. The van der Waals surface area contributed by atoms with Crippen molar-refractivity contribution in [2.24, 2.45) is 0 Å². The molecule has 54 heavy (non-hydrogen) atoms. The number of hydrogen-bond acceptors (Lipinski definition) is 3.